The molecule has 0 bridgehead atoms. The van der Waals surface area contributed by atoms with Gasteiger partial charge in [-0.1, -0.05) is 29.8 Å². The molecule has 0 spiro atoms. The maximum Gasteiger partial charge on any atom is 0.273 e. The number of hydrogen-bond acceptors (Lipinski definition) is 4. The summed E-state index contributed by atoms with van der Waals surface area (Å²) < 4.78 is 0. The SMILES string of the molecule is CNCCN(C)C(=O)c1csc(-c2ccccc2Cl)n1. The van der Waals surface area contributed by atoms with Gasteiger partial charge in [0.2, 0.25) is 0 Å². The second-order valence-electron chi connectivity index (χ2n) is 4.35. The largest absolute Gasteiger partial charge is 0.339 e. The predicted molar refractivity (Wildman–Crippen MR) is 83.4 cm³/mol. The van der Waals surface area contributed by atoms with Crippen molar-refractivity contribution >= 4 is 28.8 Å². The maximum absolute atomic E-state index is 12.2. The standard InChI is InChI=1S/C14H16ClN3OS/c1-16-7-8-18(2)14(19)12-9-20-13(17-12)10-5-3-4-6-11(10)15/h3-6,9,16H,7-8H2,1-2H3. The van der Waals surface area contributed by atoms with E-state index in [0.717, 1.165) is 17.1 Å². The van der Waals surface area contributed by atoms with Crippen LogP contribution in [0.1, 0.15) is 10.5 Å². The Bertz CT molecular complexity index is 600. The molecule has 0 saturated carbocycles. The van der Waals surface area contributed by atoms with Crippen LogP contribution in [0.2, 0.25) is 5.02 Å². The minimum absolute atomic E-state index is 0.0743. The Morgan fingerprint density at radius 3 is 2.90 bits per heavy atom. The average Bonchev–Trinajstić information content (AvgIpc) is 2.94. The van der Waals surface area contributed by atoms with E-state index in [4.69, 9.17) is 11.6 Å². The van der Waals surface area contributed by atoms with Crippen LogP contribution in [0.4, 0.5) is 0 Å². The van der Waals surface area contributed by atoms with E-state index in [2.05, 4.69) is 10.3 Å². The molecule has 0 radical (unpaired) electrons. The van der Waals surface area contributed by atoms with Gasteiger partial charge in [-0.3, -0.25) is 4.79 Å². The lowest BCUT2D eigenvalue weighted by molar-refractivity contribution is 0.0792. The first-order valence-electron chi connectivity index (χ1n) is 6.24. The smallest absolute Gasteiger partial charge is 0.273 e. The van der Waals surface area contributed by atoms with E-state index < -0.39 is 0 Å². The Morgan fingerprint density at radius 1 is 1.45 bits per heavy atom. The fraction of sp³-hybridized carbons (Fsp3) is 0.286. The van der Waals surface area contributed by atoms with Gasteiger partial charge in [0.25, 0.3) is 5.91 Å². The molecule has 0 aliphatic heterocycles. The summed E-state index contributed by atoms with van der Waals surface area (Å²) in [6, 6.07) is 7.50. The summed E-state index contributed by atoms with van der Waals surface area (Å²) in [4.78, 5) is 18.2. The van der Waals surface area contributed by atoms with Crippen molar-refractivity contribution < 1.29 is 4.79 Å². The molecule has 0 atom stereocenters. The highest BCUT2D eigenvalue weighted by Crippen LogP contribution is 2.30. The summed E-state index contributed by atoms with van der Waals surface area (Å²) >= 11 is 7.57. The van der Waals surface area contributed by atoms with Crippen molar-refractivity contribution in [2.75, 3.05) is 27.2 Å². The molecule has 2 aromatic rings. The number of nitrogens with zero attached hydrogens (tertiary/aromatic N) is 2. The fourth-order valence-electron chi connectivity index (χ4n) is 1.71. The number of amides is 1. The first-order chi connectivity index (χ1) is 9.63. The van der Waals surface area contributed by atoms with Crippen molar-refractivity contribution in [3.63, 3.8) is 0 Å². The highest BCUT2D eigenvalue weighted by Gasteiger charge is 2.16. The summed E-state index contributed by atoms with van der Waals surface area (Å²) in [6.45, 7) is 1.40. The first kappa shape index (κ1) is 15.0. The van der Waals surface area contributed by atoms with E-state index in [0.29, 0.717) is 17.3 Å². The molecule has 0 aliphatic carbocycles. The number of aromatic nitrogens is 1. The number of hydrogen-bond donors (Lipinski definition) is 1. The Kier molecular flexibility index (Phi) is 5.11. The molecule has 0 unspecified atom stereocenters. The van der Waals surface area contributed by atoms with Crippen molar-refractivity contribution in [2.45, 2.75) is 0 Å². The van der Waals surface area contributed by atoms with Crippen LogP contribution in [-0.2, 0) is 0 Å². The normalized spacial score (nSPS) is 10.6. The molecular weight excluding hydrogens is 294 g/mol. The summed E-state index contributed by atoms with van der Waals surface area (Å²) in [5, 5.41) is 6.20. The molecule has 1 heterocycles. The molecule has 6 heteroatoms. The van der Waals surface area contributed by atoms with Crippen molar-refractivity contribution in [3.8, 4) is 10.6 Å². The second-order valence-corrected chi connectivity index (χ2v) is 5.61. The molecule has 0 saturated heterocycles. The van der Waals surface area contributed by atoms with Crippen molar-refractivity contribution in [3.05, 3.63) is 40.4 Å². The van der Waals surface area contributed by atoms with Gasteiger partial charge in [0.15, 0.2) is 0 Å². The van der Waals surface area contributed by atoms with Crippen LogP contribution in [0, 0.1) is 0 Å². The Labute approximate surface area is 127 Å². The summed E-state index contributed by atoms with van der Waals surface area (Å²) in [7, 11) is 3.63. The van der Waals surface area contributed by atoms with E-state index in [-0.39, 0.29) is 5.91 Å². The molecule has 1 aromatic heterocycles. The van der Waals surface area contributed by atoms with Gasteiger partial charge in [0, 0.05) is 31.1 Å². The molecule has 1 N–H and O–H groups in total. The molecule has 20 heavy (non-hydrogen) atoms. The number of carbonyl (C=O) groups is 1. The number of carbonyl (C=O) groups excluding carboxylic acids is 1. The van der Waals surface area contributed by atoms with E-state index in [9.17, 15) is 4.79 Å². The Hall–Kier alpha value is -1.43. The van der Waals surface area contributed by atoms with Gasteiger partial charge in [-0.15, -0.1) is 11.3 Å². The third-order valence-corrected chi connectivity index (χ3v) is 4.08. The van der Waals surface area contributed by atoms with Crippen molar-refractivity contribution in [2.24, 2.45) is 0 Å². The average molecular weight is 310 g/mol. The molecule has 0 fully saturated rings. The van der Waals surface area contributed by atoms with Gasteiger partial charge in [-0.2, -0.15) is 0 Å². The molecule has 4 nitrogen and oxygen atoms in total. The van der Waals surface area contributed by atoms with Gasteiger partial charge in [0.05, 0.1) is 5.02 Å². The molecular formula is C14H16ClN3OS. The van der Waals surface area contributed by atoms with Crippen molar-refractivity contribution in [1.29, 1.82) is 0 Å². The van der Waals surface area contributed by atoms with Crippen LogP contribution in [0.3, 0.4) is 0 Å². The lowest BCUT2D eigenvalue weighted by Gasteiger charge is -2.15. The Balaban J connectivity index is 2.17. The van der Waals surface area contributed by atoms with E-state index in [1.165, 1.54) is 11.3 Å². The van der Waals surface area contributed by atoms with Crippen LogP contribution in [0.25, 0.3) is 10.6 Å². The molecule has 2 rings (SSSR count). The van der Waals surface area contributed by atoms with Gasteiger partial charge in [-0.05, 0) is 13.1 Å². The highest BCUT2D eigenvalue weighted by atomic mass is 35.5. The molecule has 106 valence electrons. The first-order valence-corrected chi connectivity index (χ1v) is 7.49. The zero-order valence-corrected chi connectivity index (χ0v) is 13.0. The Morgan fingerprint density at radius 2 is 2.20 bits per heavy atom. The van der Waals surface area contributed by atoms with Crippen molar-refractivity contribution in [1.82, 2.24) is 15.2 Å². The van der Waals surface area contributed by atoms with Crippen LogP contribution < -0.4 is 5.32 Å². The number of benzene rings is 1. The van der Waals surface area contributed by atoms with Crippen LogP contribution in [0.15, 0.2) is 29.6 Å². The second kappa shape index (κ2) is 6.83. The highest BCUT2D eigenvalue weighted by molar-refractivity contribution is 7.13. The molecule has 1 aromatic carbocycles. The summed E-state index contributed by atoms with van der Waals surface area (Å²) in [5.74, 6) is -0.0743. The van der Waals surface area contributed by atoms with Gasteiger partial charge < -0.3 is 10.2 Å². The quantitative estimate of drug-likeness (QED) is 0.923. The van der Waals surface area contributed by atoms with Gasteiger partial charge in [0.1, 0.15) is 10.7 Å². The van der Waals surface area contributed by atoms with Crippen LogP contribution in [0.5, 0.6) is 0 Å². The molecule has 1 amide bonds. The fourth-order valence-corrected chi connectivity index (χ4v) is 2.82. The minimum Gasteiger partial charge on any atom is -0.339 e. The monoisotopic (exact) mass is 309 g/mol. The van der Waals surface area contributed by atoms with Crippen LogP contribution >= 0.6 is 22.9 Å². The maximum atomic E-state index is 12.2. The zero-order valence-electron chi connectivity index (χ0n) is 11.4. The third kappa shape index (κ3) is 3.36. The lowest BCUT2D eigenvalue weighted by atomic mass is 10.2. The lowest BCUT2D eigenvalue weighted by Crippen LogP contribution is -2.32. The van der Waals surface area contributed by atoms with E-state index >= 15 is 0 Å². The topological polar surface area (TPSA) is 45.2 Å². The number of rotatable bonds is 5. The molecule has 0 aliphatic rings. The summed E-state index contributed by atoms with van der Waals surface area (Å²) in [5.41, 5.74) is 1.32. The zero-order chi connectivity index (χ0) is 14.5. The van der Waals surface area contributed by atoms with Gasteiger partial charge >= 0.3 is 0 Å². The number of likely N-dealkylation sites (N-methyl/N-ethyl adjacent to an activating group) is 2. The number of nitrogens with one attached hydrogen (secondary N) is 1. The minimum atomic E-state index is -0.0743. The van der Waals surface area contributed by atoms with Gasteiger partial charge in [-0.25, -0.2) is 4.98 Å². The number of thiazole rings is 1. The van der Waals surface area contributed by atoms with E-state index in [1.54, 1.807) is 17.3 Å². The third-order valence-electron chi connectivity index (χ3n) is 2.87. The predicted octanol–water partition coefficient (Wildman–Crippen LogP) is 2.75. The number of halogens is 1. The summed E-state index contributed by atoms with van der Waals surface area (Å²) in [6.07, 6.45) is 0. The van der Waals surface area contributed by atoms with E-state index in [1.807, 2.05) is 31.3 Å². The van der Waals surface area contributed by atoms with Crippen LogP contribution in [-0.4, -0.2) is 43.0 Å².